The standard InChI is InChI=1S/C22H27ClN2.C5H8O5/c1-22(2)15-25(12-11-24(22)3)21-14-19(16-7-5-4-6-8-16)18-10-9-17(23)13-20(18)21;1-2(6)3(7)4(8)5(9)10/h4-10,13,19,21H,11-12,14-15H2,1-3H3;3-4,7-8H,1H3,(H,9,10)/t19-,21+;3-,4+/m00/s1. The molecule has 0 radical (unpaired) electrons. The van der Waals surface area contributed by atoms with Crippen molar-refractivity contribution in [2.45, 2.75) is 56.9 Å². The number of carbonyl (C=O) groups is 2. The Bertz CT molecular complexity index is 1030. The number of aliphatic hydroxyl groups is 2. The number of ketones is 1. The largest absolute Gasteiger partial charge is 0.479 e. The maximum absolute atomic E-state index is 10.2. The predicted molar refractivity (Wildman–Crippen MR) is 136 cm³/mol. The van der Waals surface area contributed by atoms with E-state index in [9.17, 15) is 9.59 Å². The van der Waals surface area contributed by atoms with E-state index in [4.69, 9.17) is 26.9 Å². The van der Waals surface area contributed by atoms with E-state index >= 15 is 0 Å². The Hall–Kier alpha value is -2.29. The molecule has 0 bridgehead atoms. The van der Waals surface area contributed by atoms with Gasteiger partial charge in [0.1, 0.15) is 6.10 Å². The Labute approximate surface area is 211 Å². The topological polar surface area (TPSA) is 101 Å². The van der Waals surface area contributed by atoms with Gasteiger partial charge in [0.25, 0.3) is 0 Å². The summed E-state index contributed by atoms with van der Waals surface area (Å²) in [7, 11) is 2.24. The van der Waals surface area contributed by atoms with Crippen LogP contribution in [0.5, 0.6) is 0 Å². The van der Waals surface area contributed by atoms with Crippen LogP contribution in [0.4, 0.5) is 0 Å². The third kappa shape index (κ3) is 6.29. The zero-order valence-electron chi connectivity index (χ0n) is 20.7. The van der Waals surface area contributed by atoms with E-state index in [2.05, 4.69) is 73.2 Å². The van der Waals surface area contributed by atoms with Crippen LogP contribution in [0.2, 0.25) is 5.02 Å². The average Bonchev–Trinajstić information content (AvgIpc) is 3.19. The third-order valence-electron chi connectivity index (χ3n) is 7.20. The smallest absolute Gasteiger partial charge is 0.335 e. The average molecular weight is 503 g/mol. The van der Waals surface area contributed by atoms with Crippen LogP contribution < -0.4 is 0 Å². The van der Waals surface area contributed by atoms with Gasteiger partial charge >= 0.3 is 5.97 Å². The number of aliphatic hydroxyl groups excluding tert-OH is 2. The molecule has 1 heterocycles. The Balaban J connectivity index is 0.000000292. The molecule has 0 unspecified atom stereocenters. The summed E-state index contributed by atoms with van der Waals surface area (Å²) in [5, 5.41) is 26.0. The summed E-state index contributed by atoms with van der Waals surface area (Å²) in [6.07, 6.45) is -2.69. The van der Waals surface area contributed by atoms with Gasteiger partial charge in [0.2, 0.25) is 0 Å². The fraction of sp³-hybridized carbons (Fsp3) is 0.481. The van der Waals surface area contributed by atoms with Crippen molar-refractivity contribution < 1.29 is 24.9 Å². The minimum absolute atomic E-state index is 0.210. The first kappa shape index (κ1) is 27.3. The summed E-state index contributed by atoms with van der Waals surface area (Å²) in [4.78, 5) is 25.3. The zero-order chi connectivity index (χ0) is 25.9. The number of piperazine rings is 1. The molecule has 4 rings (SSSR count). The summed E-state index contributed by atoms with van der Waals surface area (Å²) in [5.74, 6) is -1.90. The lowest BCUT2D eigenvalue weighted by atomic mass is 9.93. The molecule has 190 valence electrons. The zero-order valence-corrected chi connectivity index (χ0v) is 21.4. The Morgan fingerprint density at radius 2 is 1.69 bits per heavy atom. The fourth-order valence-corrected chi connectivity index (χ4v) is 5.06. The number of Topliss-reactive ketones (excluding diaryl/α,β-unsaturated/α-hetero) is 1. The van der Waals surface area contributed by atoms with Crippen LogP contribution in [0.25, 0.3) is 0 Å². The van der Waals surface area contributed by atoms with Gasteiger partial charge in [-0.2, -0.15) is 0 Å². The van der Waals surface area contributed by atoms with Crippen molar-refractivity contribution in [3.05, 3.63) is 70.2 Å². The quantitative estimate of drug-likeness (QED) is 0.576. The lowest BCUT2D eigenvalue weighted by Crippen LogP contribution is -2.58. The van der Waals surface area contributed by atoms with E-state index in [1.54, 1.807) is 0 Å². The van der Waals surface area contributed by atoms with Crippen molar-refractivity contribution in [2.75, 3.05) is 26.7 Å². The van der Waals surface area contributed by atoms with Crippen LogP contribution >= 0.6 is 11.6 Å². The van der Waals surface area contributed by atoms with Gasteiger partial charge in [-0.1, -0.05) is 48.0 Å². The number of carboxylic acid groups (broad SMARTS) is 1. The van der Waals surface area contributed by atoms with Gasteiger partial charge in [-0.3, -0.25) is 14.6 Å². The lowest BCUT2D eigenvalue weighted by molar-refractivity contribution is -0.156. The number of fused-ring (bicyclic) bond motifs is 1. The summed E-state index contributed by atoms with van der Waals surface area (Å²) < 4.78 is 0. The highest BCUT2D eigenvalue weighted by molar-refractivity contribution is 6.30. The number of nitrogens with zero attached hydrogens (tertiary/aromatic N) is 2. The van der Waals surface area contributed by atoms with Gasteiger partial charge in [0, 0.05) is 42.2 Å². The molecule has 0 spiro atoms. The molecule has 3 N–H and O–H groups in total. The van der Waals surface area contributed by atoms with Gasteiger partial charge in [-0.15, -0.1) is 0 Å². The maximum Gasteiger partial charge on any atom is 0.335 e. The van der Waals surface area contributed by atoms with E-state index < -0.39 is 24.0 Å². The Kier molecular flexibility index (Phi) is 8.72. The number of carbonyl (C=O) groups excluding carboxylic acids is 1. The molecule has 35 heavy (non-hydrogen) atoms. The first-order valence-electron chi connectivity index (χ1n) is 11.8. The summed E-state index contributed by atoms with van der Waals surface area (Å²) in [5.41, 5.74) is 4.52. The summed E-state index contributed by atoms with van der Waals surface area (Å²) in [6.45, 7) is 9.04. The van der Waals surface area contributed by atoms with E-state index in [0.717, 1.165) is 38.0 Å². The molecular formula is C27H35ClN2O5. The molecule has 0 amide bonds. The summed E-state index contributed by atoms with van der Waals surface area (Å²) in [6, 6.07) is 17.9. The molecule has 2 aromatic carbocycles. The molecule has 2 aliphatic rings. The molecule has 8 heteroatoms. The first-order valence-corrected chi connectivity index (χ1v) is 12.2. The molecule has 1 aliphatic carbocycles. The number of likely N-dealkylation sites (N-methyl/N-ethyl adjacent to an activating group) is 1. The second-order valence-electron chi connectivity index (χ2n) is 10.0. The highest BCUT2D eigenvalue weighted by atomic mass is 35.5. The molecule has 4 atom stereocenters. The van der Waals surface area contributed by atoms with E-state index in [0.29, 0.717) is 12.0 Å². The molecular weight excluding hydrogens is 468 g/mol. The third-order valence-corrected chi connectivity index (χ3v) is 7.43. The number of aliphatic carboxylic acids is 1. The van der Waals surface area contributed by atoms with Crippen molar-refractivity contribution in [1.29, 1.82) is 0 Å². The van der Waals surface area contributed by atoms with Crippen molar-refractivity contribution in [3.63, 3.8) is 0 Å². The van der Waals surface area contributed by atoms with Crippen LogP contribution in [0, 0.1) is 0 Å². The monoisotopic (exact) mass is 502 g/mol. The molecule has 1 fully saturated rings. The number of hydrogen-bond donors (Lipinski definition) is 3. The van der Waals surface area contributed by atoms with E-state index in [1.165, 1.54) is 16.7 Å². The number of carboxylic acids is 1. The number of hydrogen-bond acceptors (Lipinski definition) is 6. The van der Waals surface area contributed by atoms with Gasteiger partial charge < -0.3 is 15.3 Å². The van der Waals surface area contributed by atoms with Crippen LogP contribution in [0.15, 0.2) is 48.5 Å². The van der Waals surface area contributed by atoms with Crippen molar-refractivity contribution in [3.8, 4) is 0 Å². The molecule has 7 nitrogen and oxygen atoms in total. The van der Waals surface area contributed by atoms with Crippen molar-refractivity contribution in [2.24, 2.45) is 0 Å². The van der Waals surface area contributed by atoms with Crippen LogP contribution in [-0.4, -0.2) is 81.3 Å². The minimum Gasteiger partial charge on any atom is -0.479 e. The SMILES string of the molecule is CC(=O)[C@H](O)[C@@H](O)C(=O)O.CN1CCN([C@@H]2C[C@@H](c3ccccc3)c3ccc(Cl)cc32)CC1(C)C. The molecule has 1 saturated heterocycles. The normalized spacial score (nSPS) is 23.5. The maximum atomic E-state index is 10.2. The fourth-order valence-electron chi connectivity index (χ4n) is 4.88. The first-order chi connectivity index (χ1) is 16.4. The number of rotatable bonds is 5. The number of halogens is 1. The molecule has 2 aromatic rings. The molecule has 1 aliphatic heterocycles. The van der Waals surface area contributed by atoms with Gasteiger partial charge in [0.15, 0.2) is 11.9 Å². The second kappa shape index (κ2) is 11.2. The lowest BCUT2D eigenvalue weighted by Gasteiger charge is -2.47. The van der Waals surface area contributed by atoms with Crippen LogP contribution in [0.1, 0.15) is 55.8 Å². The van der Waals surface area contributed by atoms with Gasteiger partial charge in [-0.05, 0) is 63.1 Å². The van der Waals surface area contributed by atoms with Gasteiger partial charge in [0.05, 0.1) is 0 Å². The Morgan fingerprint density at radius 3 is 2.23 bits per heavy atom. The van der Waals surface area contributed by atoms with E-state index in [1.807, 2.05) is 6.07 Å². The van der Waals surface area contributed by atoms with Gasteiger partial charge in [-0.25, -0.2) is 4.79 Å². The Morgan fingerprint density at radius 1 is 1.03 bits per heavy atom. The second-order valence-corrected chi connectivity index (χ2v) is 10.5. The highest BCUT2D eigenvalue weighted by Crippen LogP contribution is 2.48. The highest BCUT2D eigenvalue weighted by Gasteiger charge is 2.40. The molecule has 0 aromatic heterocycles. The number of benzene rings is 2. The predicted octanol–water partition coefficient (Wildman–Crippen LogP) is 3.32. The van der Waals surface area contributed by atoms with E-state index in [-0.39, 0.29) is 5.54 Å². The minimum atomic E-state index is -2.02. The van der Waals surface area contributed by atoms with Crippen molar-refractivity contribution in [1.82, 2.24) is 9.80 Å². The molecule has 0 saturated carbocycles. The van der Waals surface area contributed by atoms with Crippen LogP contribution in [-0.2, 0) is 9.59 Å². The summed E-state index contributed by atoms with van der Waals surface area (Å²) >= 11 is 6.37. The van der Waals surface area contributed by atoms with Crippen molar-refractivity contribution >= 4 is 23.4 Å². The van der Waals surface area contributed by atoms with Crippen LogP contribution in [0.3, 0.4) is 0 Å².